The quantitative estimate of drug-likeness (QED) is 0.434. The summed E-state index contributed by atoms with van der Waals surface area (Å²) in [4.78, 5) is 4.54. The van der Waals surface area contributed by atoms with Crippen LogP contribution in [0.4, 0.5) is 0 Å². The van der Waals surface area contributed by atoms with Crippen LogP contribution >= 0.6 is 45.8 Å². The van der Waals surface area contributed by atoms with Crippen molar-refractivity contribution in [3.05, 3.63) is 56.9 Å². The van der Waals surface area contributed by atoms with E-state index in [1.807, 2.05) is 34.9 Å². The van der Waals surface area contributed by atoms with Crippen molar-refractivity contribution in [3.8, 4) is 5.69 Å². The summed E-state index contributed by atoms with van der Waals surface area (Å²) in [5, 5.41) is 0.680. The number of hydrogen-bond acceptors (Lipinski definition) is 1. The van der Waals surface area contributed by atoms with Gasteiger partial charge in [0.15, 0.2) is 0 Å². The van der Waals surface area contributed by atoms with Gasteiger partial charge in [0.25, 0.3) is 0 Å². The highest BCUT2D eigenvalue weighted by molar-refractivity contribution is 14.1. The second-order valence-electron chi connectivity index (χ2n) is 4.08. The molecule has 0 saturated carbocycles. The molecule has 3 rings (SSSR count). The summed E-state index contributed by atoms with van der Waals surface area (Å²) in [6.45, 7) is 0. The van der Waals surface area contributed by atoms with E-state index in [9.17, 15) is 0 Å². The zero-order valence-corrected chi connectivity index (χ0v) is 13.4. The van der Waals surface area contributed by atoms with Gasteiger partial charge in [-0.3, -0.25) is 4.57 Å². The van der Waals surface area contributed by atoms with Crippen LogP contribution in [0.25, 0.3) is 16.7 Å². The maximum absolute atomic E-state index is 6.31. The van der Waals surface area contributed by atoms with Gasteiger partial charge in [-0.2, -0.15) is 0 Å². The minimum Gasteiger partial charge on any atom is -0.294 e. The van der Waals surface area contributed by atoms with Crippen LogP contribution in [-0.4, -0.2) is 9.55 Å². The molecule has 0 bridgehead atoms. The lowest BCUT2D eigenvalue weighted by Crippen LogP contribution is -1.99. The number of alkyl halides is 1. The van der Waals surface area contributed by atoms with Gasteiger partial charge in [0.05, 0.1) is 21.9 Å². The molecule has 0 fully saturated rings. The topological polar surface area (TPSA) is 17.8 Å². The molecule has 19 heavy (non-hydrogen) atoms. The van der Waals surface area contributed by atoms with Crippen molar-refractivity contribution < 1.29 is 0 Å². The number of fused-ring (bicyclic) bond motifs is 1. The smallest absolute Gasteiger partial charge is 0.129 e. The average molecular weight is 403 g/mol. The van der Waals surface area contributed by atoms with Gasteiger partial charge in [-0.05, 0) is 59.0 Å². The summed E-state index contributed by atoms with van der Waals surface area (Å²) in [5.41, 5.74) is 2.79. The molecule has 0 N–H and O–H groups in total. The number of para-hydroxylation sites is 1. The van der Waals surface area contributed by atoms with Crippen molar-refractivity contribution in [1.29, 1.82) is 0 Å². The fourth-order valence-electron chi connectivity index (χ4n) is 2.09. The molecule has 0 amide bonds. The Morgan fingerprint density at radius 3 is 2.53 bits per heavy atom. The van der Waals surface area contributed by atoms with Crippen molar-refractivity contribution in [2.24, 2.45) is 0 Å². The van der Waals surface area contributed by atoms with Crippen LogP contribution in [0, 0.1) is 3.57 Å². The number of rotatable bonds is 2. The Labute approximate surface area is 134 Å². The predicted octanol–water partition coefficient (Wildman–Crippen LogP) is 5.02. The first kappa shape index (κ1) is 13.2. The van der Waals surface area contributed by atoms with Gasteiger partial charge in [-0.25, -0.2) is 4.98 Å². The highest BCUT2D eigenvalue weighted by atomic mass is 127. The number of hydrogen-bond donors (Lipinski definition) is 0. The fourth-order valence-corrected chi connectivity index (χ4v) is 2.88. The third kappa shape index (κ3) is 2.35. The number of imidazole rings is 1. The number of halogens is 3. The van der Waals surface area contributed by atoms with Crippen LogP contribution in [0.2, 0.25) is 5.02 Å². The highest BCUT2D eigenvalue weighted by Gasteiger charge is 2.13. The van der Waals surface area contributed by atoms with E-state index >= 15 is 0 Å². The van der Waals surface area contributed by atoms with Crippen LogP contribution in [-0.2, 0) is 5.88 Å². The van der Waals surface area contributed by atoms with Gasteiger partial charge < -0.3 is 0 Å². The third-order valence-corrected chi connectivity index (χ3v) is 4.16. The van der Waals surface area contributed by atoms with Crippen molar-refractivity contribution in [2.45, 2.75) is 5.88 Å². The van der Waals surface area contributed by atoms with E-state index in [1.165, 1.54) is 3.57 Å². The van der Waals surface area contributed by atoms with Gasteiger partial charge in [0, 0.05) is 9.26 Å². The van der Waals surface area contributed by atoms with Crippen LogP contribution in [0.3, 0.4) is 0 Å². The molecule has 96 valence electrons. The van der Waals surface area contributed by atoms with Crippen molar-refractivity contribution in [2.75, 3.05) is 0 Å². The Hall–Kier alpha value is -0.780. The summed E-state index contributed by atoms with van der Waals surface area (Å²) in [6, 6.07) is 13.9. The molecule has 2 nitrogen and oxygen atoms in total. The normalized spacial score (nSPS) is 11.1. The largest absolute Gasteiger partial charge is 0.294 e. The Morgan fingerprint density at radius 1 is 1.11 bits per heavy atom. The van der Waals surface area contributed by atoms with Crippen molar-refractivity contribution in [3.63, 3.8) is 0 Å². The molecule has 5 heteroatoms. The SMILES string of the molecule is ClCc1nc2cccc(Cl)c2n1-c1ccc(I)cc1. The molecule has 0 aliphatic carbocycles. The summed E-state index contributed by atoms with van der Waals surface area (Å²) >= 11 is 14.6. The lowest BCUT2D eigenvalue weighted by atomic mass is 10.3. The number of aromatic nitrogens is 2. The number of benzene rings is 2. The van der Waals surface area contributed by atoms with Gasteiger partial charge in [-0.1, -0.05) is 17.7 Å². The fraction of sp³-hybridized carbons (Fsp3) is 0.0714. The molecule has 0 aliphatic heterocycles. The molecule has 0 saturated heterocycles. The second-order valence-corrected chi connectivity index (χ2v) is 6.00. The molecular weight excluding hydrogens is 394 g/mol. The van der Waals surface area contributed by atoms with E-state index in [1.54, 1.807) is 0 Å². The highest BCUT2D eigenvalue weighted by Crippen LogP contribution is 2.28. The molecule has 0 aliphatic rings. The van der Waals surface area contributed by atoms with Gasteiger partial charge in [0.1, 0.15) is 5.82 Å². The maximum Gasteiger partial charge on any atom is 0.129 e. The summed E-state index contributed by atoms with van der Waals surface area (Å²) in [7, 11) is 0. The summed E-state index contributed by atoms with van der Waals surface area (Å²) < 4.78 is 3.20. The van der Waals surface area contributed by atoms with Crippen molar-refractivity contribution in [1.82, 2.24) is 9.55 Å². The Balaban J connectivity index is 2.35. The molecule has 0 spiro atoms. The van der Waals surface area contributed by atoms with E-state index in [2.05, 4.69) is 39.7 Å². The Kier molecular flexibility index (Phi) is 3.69. The first-order chi connectivity index (χ1) is 9.20. The molecular formula is C14H9Cl2IN2. The maximum atomic E-state index is 6.31. The standard InChI is InChI=1S/C14H9Cl2IN2/c15-8-13-18-12-3-1-2-11(16)14(12)19(13)10-6-4-9(17)5-7-10/h1-7H,8H2. The first-order valence-corrected chi connectivity index (χ1v) is 7.67. The van der Waals surface area contributed by atoms with E-state index < -0.39 is 0 Å². The van der Waals surface area contributed by atoms with Crippen LogP contribution in [0.1, 0.15) is 5.82 Å². The molecule has 2 aromatic carbocycles. The Morgan fingerprint density at radius 2 is 1.84 bits per heavy atom. The third-order valence-electron chi connectivity index (χ3n) is 2.90. The van der Waals surface area contributed by atoms with Gasteiger partial charge >= 0.3 is 0 Å². The van der Waals surface area contributed by atoms with Crippen LogP contribution in [0.5, 0.6) is 0 Å². The zero-order chi connectivity index (χ0) is 13.4. The minimum atomic E-state index is 0.344. The lowest BCUT2D eigenvalue weighted by Gasteiger charge is -2.08. The van der Waals surface area contributed by atoms with E-state index in [4.69, 9.17) is 23.2 Å². The van der Waals surface area contributed by atoms with E-state index in [0.717, 1.165) is 22.5 Å². The van der Waals surface area contributed by atoms with E-state index in [0.29, 0.717) is 10.9 Å². The molecule has 0 radical (unpaired) electrons. The first-order valence-electron chi connectivity index (χ1n) is 5.68. The predicted molar refractivity (Wildman–Crippen MR) is 88.4 cm³/mol. The molecule has 1 aromatic heterocycles. The van der Waals surface area contributed by atoms with Crippen LogP contribution in [0.15, 0.2) is 42.5 Å². The van der Waals surface area contributed by atoms with Crippen LogP contribution < -0.4 is 0 Å². The average Bonchev–Trinajstić information content (AvgIpc) is 2.80. The Bertz CT molecular complexity index is 735. The van der Waals surface area contributed by atoms with E-state index in [-0.39, 0.29) is 0 Å². The molecule has 0 unspecified atom stereocenters. The lowest BCUT2D eigenvalue weighted by molar-refractivity contribution is 0.981. The monoisotopic (exact) mass is 402 g/mol. The molecule has 3 aromatic rings. The number of nitrogens with zero attached hydrogens (tertiary/aromatic N) is 2. The van der Waals surface area contributed by atoms with Gasteiger partial charge in [0.2, 0.25) is 0 Å². The summed E-state index contributed by atoms with van der Waals surface area (Å²) in [6.07, 6.45) is 0. The molecule has 0 atom stereocenters. The van der Waals surface area contributed by atoms with Gasteiger partial charge in [-0.15, -0.1) is 11.6 Å². The second kappa shape index (κ2) is 5.31. The minimum absolute atomic E-state index is 0.344. The zero-order valence-electron chi connectivity index (χ0n) is 9.78. The summed E-state index contributed by atoms with van der Waals surface area (Å²) in [5.74, 6) is 1.14. The van der Waals surface area contributed by atoms with Crippen molar-refractivity contribution >= 4 is 56.8 Å². The molecule has 1 heterocycles.